The number of carbonyl (C=O) groups is 1. The molecule has 4 nitrogen and oxygen atoms in total. The van der Waals surface area contributed by atoms with Crippen molar-refractivity contribution in [2.75, 3.05) is 19.8 Å². The van der Waals surface area contributed by atoms with E-state index in [-0.39, 0.29) is 18.6 Å². The van der Waals surface area contributed by atoms with Gasteiger partial charge in [0.2, 0.25) is 5.91 Å². The van der Waals surface area contributed by atoms with Crippen LogP contribution in [0, 0.1) is 6.92 Å². The van der Waals surface area contributed by atoms with E-state index in [9.17, 15) is 9.90 Å². The van der Waals surface area contributed by atoms with Gasteiger partial charge >= 0.3 is 0 Å². The third kappa shape index (κ3) is 4.96. The molecule has 1 N–H and O–H groups in total. The van der Waals surface area contributed by atoms with Gasteiger partial charge in [-0.3, -0.25) is 4.79 Å². The molecular weight excluding hydrogens is 290 g/mol. The molecular formula is C19H29NO3. The molecule has 1 fully saturated rings. The van der Waals surface area contributed by atoms with E-state index in [1.54, 1.807) is 0 Å². The van der Waals surface area contributed by atoms with Crippen LogP contribution in [-0.4, -0.2) is 41.7 Å². The van der Waals surface area contributed by atoms with E-state index in [2.05, 4.69) is 19.1 Å². The highest BCUT2D eigenvalue weighted by Crippen LogP contribution is 2.21. The van der Waals surface area contributed by atoms with Crippen LogP contribution in [0.25, 0.3) is 0 Å². The highest BCUT2D eigenvalue weighted by Gasteiger charge is 2.25. The van der Waals surface area contributed by atoms with Crippen molar-refractivity contribution in [3.8, 4) is 5.75 Å². The molecule has 23 heavy (non-hydrogen) atoms. The maximum Gasteiger partial charge on any atom is 0.222 e. The van der Waals surface area contributed by atoms with Crippen molar-refractivity contribution in [2.24, 2.45) is 0 Å². The number of aryl methyl sites for hydroxylation is 2. The largest absolute Gasteiger partial charge is 0.494 e. The van der Waals surface area contributed by atoms with Crippen LogP contribution in [0.2, 0.25) is 0 Å². The second kappa shape index (κ2) is 8.92. The Morgan fingerprint density at radius 3 is 2.91 bits per heavy atom. The molecule has 0 radical (unpaired) electrons. The van der Waals surface area contributed by atoms with Crippen molar-refractivity contribution in [1.82, 2.24) is 4.90 Å². The van der Waals surface area contributed by atoms with E-state index >= 15 is 0 Å². The topological polar surface area (TPSA) is 49.8 Å². The lowest BCUT2D eigenvalue weighted by Gasteiger charge is -2.34. The summed E-state index contributed by atoms with van der Waals surface area (Å²) >= 11 is 0. The van der Waals surface area contributed by atoms with E-state index < -0.39 is 0 Å². The van der Waals surface area contributed by atoms with Gasteiger partial charge in [0, 0.05) is 13.0 Å². The van der Waals surface area contributed by atoms with Crippen LogP contribution < -0.4 is 4.74 Å². The predicted molar refractivity (Wildman–Crippen MR) is 91.7 cm³/mol. The van der Waals surface area contributed by atoms with Gasteiger partial charge in [0.05, 0.1) is 19.3 Å². The summed E-state index contributed by atoms with van der Waals surface area (Å²) in [6, 6.07) is 6.28. The summed E-state index contributed by atoms with van der Waals surface area (Å²) in [4.78, 5) is 14.2. The van der Waals surface area contributed by atoms with Crippen molar-refractivity contribution >= 4 is 5.91 Å². The Balaban J connectivity index is 1.82. The van der Waals surface area contributed by atoms with E-state index in [0.29, 0.717) is 13.0 Å². The Bertz CT molecular complexity index is 515. The number of ether oxygens (including phenoxy) is 1. The quantitative estimate of drug-likeness (QED) is 0.840. The molecule has 0 spiro atoms. The van der Waals surface area contributed by atoms with Gasteiger partial charge in [0.25, 0.3) is 0 Å². The number of piperidine rings is 1. The van der Waals surface area contributed by atoms with Crippen LogP contribution in [-0.2, 0) is 11.2 Å². The molecule has 0 saturated carbocycles. The third-order valence-corrected chi connectivity index (χ3v) is 4.55. The van der Waals surface area contributed by atoms with E-state index in [1.165, 1.54) is 5.56 Å². The zero-order valence-corrected chi connectivity index (χ0v) is 14.4. The van der Waals surface area contributed by atoms with Crippen LogP contribution in [0.1, 0.15) is 50.2 Å². The molecule has 1 aromatic rings. The maximum absolute atomic E-state index is 12.4. The van der Waals surface area contributed by atoms with Gasteiger partial charge in [-0.05, 0) is 63.1 Å². The number of nitrogens with zero attached hydrogens (tertiary/aromatic N) is 1. The molecule has 128 valence electrons. The van der Waals surface area contributed by atoms with Crippen molar-refractivity contribution in [1.29, 1.82) is 0 Å². The molecule has 0 bridgehead atoms. The van der Waals surface area contributed by atoms with Crippen molar-refractivity contribution < 1.29 is 14.6 Å². The van der Waals surface area contributed by atoms with Gasteiger partial charge in [-0.25, -0.2) is 0 Å². The Labute approximate surface area is 139 Å². The number of benzene rings is 1. The standard InChI is InChI=1S/C19H29NO3/c1-3-23-18-11-10-16(13-15(18)2)7-6-9-19(22)20-12-5-4-8-17(20)14-21/h10-11,13,17,21H,3-9,12,14H2,1-2H3. The Morgan fingerprint density at radius 1 is 1.39 bits per heavy atom. The van der Waals surface area contributed by atoms with E-state index in [4.69, 9.17) is 4.74 Å². The lowest BCUT2D eigenvalue weighted by atomic mass is 10.0. The number of rotatable bonds is 7. The zero-order chi connectivity index (χ0) is 16.7. The fraction of sp³-hybridized carbons (Fsp3) is 0.632. The molecule has 1 saturated heterocycles. The average molecular weight is 319 g/mol. The second-order valence-electron chi connectivity index (χ2n) is 6.31. The first-order valence-electron chi connectivity index (χ1n) is 8.78. The van der Waals surface area contributed by atoms with Gasteiger partial charge in [0.1, 0.15) is 5.75 Å². The van der Waals surface area contributed by atoms with Crippen molar-refractivity contribution in [3.63, 3.8) is 0 Å². The third-order valence-electron chi connectivity index (χ3n) is 4.55. The molecule has 1 atom stereocenters. The highest BCUT2D eigenvalue weighted by molar-refractivity contribution is 5.76. The molecule has 1 aliphatic heterocycles. The number of aliphatic hydroxyl groups is 1. The zero-order valence-electron chi connectivity index (χ0n) is 14.4. The lowest BCUT2D eigenvalue weighted by Crippen LogP contribution is -2.45. The molecule has 1 heterocycles. The van der Waals surface area contributed by atoms with Gasteiger partial charge in [-0.1, -0.05) is 12.1 Å². The van der Waals surface area contributed by atoms with Crippen LogP contribution >= 0.6 is 0 Å². The first kappa shape index (κ1) is 17.8. The fourth-order valence-electron chi connectivity index (χ4n) is 3.29. The summed E-state index contributed by atoms with van der Waals surface area (Å²) in [6.07, 6.45) is 5.40. The maximum atomic E-state index is 12.4. The first-order valence-corrected chi connectivity index (χ1v) is 8.78. The minimum absolute atomic E-state index is 0.0315. The summed E-state index contributed by atoms with van der Waals surface area (Å²) in [6.45, 7) is 5.60. The summed E-state index contributed by atoms with van der Waals surface area (Å²) < 4.78 is 5.55. The van der Waals surface area contributed by atoms with Gasteiger partial charge in [-0.15, -0.1) is 0 Å². The Hall–Kier alpha value is -1.55. The number of aliphatic hydroxyl groups excluding tert-OH is 1. The Morgan fingerprint density at radius 2 is 2.22 bits per heavy atom. The molecule has 1 unspecified atom stereocenters. The van der Waals surface area contributed by atoms with Gasteiger partial charge in [0.15, 0.2) is 0 Å². The molecule has 0 aromatic heterocycles. The Kier molecular flexibility index (Phi) is 6.90. The second-order valence-corrected chi connectivity index (χ2v) is 6.31. The van der Waals surface area contributed by atoms with Crippen molar-refractivity contribution in [3.05, 3.63) is 29.3 Å². The SMILES string of the molecule is CCOc1ccc(CCCC(=O)N2CCCCC2CO)cc1C. The predicted octanol–water partition coefficient (Wildman–Crippen LogP) is 3.09. The fourth-order valence-corrected chi connectivity index (χ4v) is 3.29. The van der Waals surface area contributed by atoms with Crippen LogP contribution in [0.4, 0.5) is 0 Å². The molecule has 2 rings (SSSR count). The summed E-state index contributed by atoms with van der Waals surface area (Å²) in [5.74, 6) is 1.12. The monoisotopic (exact) mass is 319 g/mol. The van der Waals surface area contributed by atoms with Gasteiger partial charge in [-0.2, -0.15) is 0 Å². The van der Waals surface area contributed by atoms with Crippen LogP contribution in [0.3, 0.4) is 0 Å². The number of likely N-dealkylation sites (tertiary alicyclic amines) is 1. The van der Waals surface area contributed by atoms with Crippen LogP contribution in [0.15, 0.2) is 18.2 Å². The highest BCUT2D eigenvalue weighted by atomic mass is 16.5. The van der Waals surface area contributed by atoms with Crippen LogP contribution in [0.5, 0.6) is 5.75 Å². The minimum Gasteiger partial charge on any atom is -0.494 e. The lowest BCUT2D eigenvalue weighted by molar-refractivity contribution is -0.136. The normalized spacial score (nSPS) is 18.0. The van der Waals surface area contributed by atoms with Crippen molar-refractivity contribution in [2.45, 2.75) is 58.4 Å². The average Bonchev–Trinajstić information content (AvgIpc) is 2.57. The number of hydrogen-bond acceptors (Lipinski definition) is 3. The number of hydrogen-bond donors (Lipinski definition) is 1. The minimum atomic E-state index is 0.0315. The smallest absolute Gasteiger partial charge is 0.222 e. The molecule has 1 amide bonds. The number of carbonyl (C=O) groups excluding carboxylic acids is 1. The molecule has 0 aliphatic carbocycles. The molecule has 4 heteroatoms. The number of amides is 1. The molecule has 1 aliphatic rings. The van der Waals surface area contributed by atoms with E-state index in [1.807, 2.05) is 17.9 Å². The van der Waals surface area contributed by atoms with Gasteiger partial charge < -0.3 is 14.7 Å². The summed E-state index contributed by atoms with van der Waals surface area (Å²) in [5.41, 5.74) is 2.39. The molecule has 1 aromatic carbocycles. The summed E-state index contributed by atoms with van der Waals surface area (Å²) in [7, 11) is 0. The van der Waals surface area contributed by atoms with E-state index in [0.717, 1.165) is 50.0 Å². The first-order chi connectivity index (χ1) is 11.2. The summed E-state index contributed by atoms with van der Waals surface area (Å²) in [5, 5.41) is 9.41.